The summed E-state index contributed by atoms with van der Waals surface area (Å²) < 4.78 is 5.59. The van der Waals surface area contributed by atoms with E-state index < -0.39 is 11.0 Å². The maximum absolute atomic E-state index is 12.8. The van der Waals surface area contributed by atoms with Gasteiger partial charge in [0.1, 0.15) is 0 Å². The number of ether oxygens (including phenoxy) is 1. The van der Waals surface area contributed by atoms with Crippen molar-refractivity contribution < 1.29 is 14.5 Å². The van der Waals surface area contributed by atoms with Gasteiger partial charge in [-0.25, -0.2) is 0 Å². The number of amides is 1. The molecule has 134 valence electrons. The average molecular weight is 353 g/mol. The highest BCUT2D eigenvalue weighted by atomic mass is 16.6. The summed E-state index contributed by atoms with van der Waals surface area (Å²) in [6, 6.07) is 15.5. The normalized spacial score (nSPS) is 11.3. The van der Waals surface area contributed by atoms with E-state index in [-0.39, 0.29) is 30.3 Å². The predicted octanol–water partition coefficient (Wildman–Crippen LogP) is 3.62. The zero-order valence-electron chi connectivity index (χ0n) is 14.6. The van der Waals surface area contributed by atoms with Gasteiger partial charge in [0, 0.05) is 18.3 Å². The zero-order chi connectivity index (χ0) is 19.1. The third kappa shape index (κ3) is 4.57. The van der Waals surface area contributed by atoms with Gasteiger partial charge in [-0.15, -0.1) is 0 Å². The van der Waals surface area contributed by atoms with Crippen LogP contribution in [0.1, 0.15) is 18.9 Å². The molecule has 0 saturated heterocycles. The number of nitro benzene ring substituents is 1. The number of benzene rings is 2. The average Bonchev–Trinajstić information content (AvgIpc) is 2.64. The molecule has 0 aromatic heterocycles. The van der Waals surface area contributed by atoms with E-state index in [0.717, 1.165) is 5.56 Å². The van der Waals surface area contributed by atoms with Gasteiger partial charge in [0.2, 0.25) is 0 Å². The second-order valence-electron chi connectivity index (χ2n) is 5.72. The molecule has 2 aromatic carbocycles. The van der Waals surface area contributed by atoms with Gasteiger partial charge in [-0.05, 0) is 37.6 Å². The Labute approximate surface area is 151 Å². The lowest BCUT2D eigenvalue weighted by atomic mass is 10.2. The van der Waals surface area contributed by atoms with E-state index in [2.05, 4.69) is 0 Å². The van der Waals surface area contributed by atoms with Crippen molar-refractivity contribution in [2.24, 2.45) is 0 Å². The van der Waals surface area contributed by atoms with Crippen molar-refractivity contribution >= 4 is 17.3 Å². The van der Waals surface area contributed by atoms with Crippen molar-refractivity contribution in [3.63, 3.8) is 0 Å². The maximum atomic E-state index is 12.8. The number of para-hydroxylation sites is 1. The fourth-order valence-corrected chi connectivity index (χ4v) is 2.47. The Hall–Kier alpha value is -3.40. The number of hydrogen-bond donors (Lipinski definition) is 0. The van der Waals surface area contributed by atoms with E-state index in [1.54, 1.807) is 37.3 Å². The van der Waals surface area contributed by atoms with Gasteiger partial charge >= 0.3 is 5.69 Å². The zero-order valence-corrected chi connectivity index (χ0v) is 14.6. The van der Waals surface area contributed by atoms with E-state index in [4.69, 9.17) is 10.00 Å². The second kappa shape index (κ2) is 8.62. The lowest BCUT2D eigenvalue weighted by Crippen LogP contribution is -2.41. The summed E-state index contributed by atoms with van der Waals surface area (Å²) >= 11 is 0. The van der Waals surface area contributed by atoms with Crippen LogP contribution < -0.4 is 9.64 Å². The van der Waals surface area contributed by atoms with Gasteiger partial charge in [-0.1, -0.05) is 24.3 Å². The SMILES string of the molecule is Cc1ccc(O[C@H](C)C(=O)N(CCC#N)c2ccccc2)c([N+](=O)[O-])c1. The number of rotatable bonds is 7. The molecule has 7 nitrogen and oxygen atoms in total. The Balaban J connectivity index is 2.24. The molecule has 1 atom stereocenters. The molecule has 0 aliphatic heterocycles. The topological polar surface area (TPSA) is 96.5 Å². The van der Waals surface area contributed by atoms with E-state index in [1.807, 2.05) is 12.1 Å². The largest absolute Gasteiger partial charge is 0.474 e. The number of anilines is 1. The first-order valence-electron chi connectivity index (χ1n) is 8.09. The molecular formula is C19H19N3O4. The van der Waals surface area contributed by atoms with Crippen LogP contribution in [-0.4, -0.2) is 23.5 Å². The molecular weight excluding hydrogens is 334 g/mol. The van der Waals surface area contributed by atoms with Crippen LogP contribution in [0.5, 0.6) is 5.75 Å². The van der Waals surface area contributed by atoms with Crippen molar-refractivity contribution in [2.45, 2.75) is 26.4 Å². The molecule has 7 heteroatoms. The molecule has 0 fully saturated rings. The van der Waals surface area contributed by atoms with Gasteiger partial charge in [0.05, 0.1) is 17.4 Å². The lowest BCUT2D eigenvalue weighted by molar-refractivity contribution is -0.386. The van der Waals surface area contributed by atoms with Crippen LogP contribution in [0.25, 0.3) is 0 Å². The van der Waals surface area contributed by atoms with Crippen molar-refractivity contribution in [1.29, 1.82) is 5.26 Å². The van der Waals surface area contributed by atoms with Gasteiger partial charge < -0.3 is 9.64 Å². The highest BCUT2D eigenvalue weighted by Gasteiger charge is 2.26. The quantitative estimate of drug-likeness (QED) is 0.559. The van der Waals surface area contributed by atoms with Gasteiger partial charge in [0.25, 0.3) is 5.91 Å². The van der Waals surface area contributed by atoms with Crippen molar-refractivity contribution in [3.05, 3.63) is 64.2 Å². The summed E-state index contributed by atoms with van der Waals surface area (Å²) in [5, 5.41) is 20.1. The summed E-state index contributed by atoms with van der Waals surface area (Å²) in [6.45, 7) is 3.49. The number of nitro groups is 1. The third-order valence-corrected chi connectivity index (χ3v) is 3.74. The van der Waals surface area contributed by atoms with Crippen LogP contribution >= 0.6 is 0 Å². The molecule has 1 amide bonds. The monoisotopic (exact) mass is 353 g/mol. The van der Waals surface area contributed by atoms with E-state index in [0.29, 0.717) is 5.69 Å². The number of nitriles is 1. The van der Waals surface area contributed by atoms with Crippen LogP contribution in [0.2, 0.25) is 0 Å². The maximum Gasteiger partial charge on any atom is 0.311 e. The Bertz CT molecular complexity index is 830. The standard InChI is InChI=1S/C19H19N3O4/c1-14-9-10-18(17(13-14)22(24)25)26-15(2)19(23)21(12-6-11-20)16-7-4-3-5-8-16/h3-5,7-10,13,15H,6,12H2,1-2H3/t15-/m1/s1. The minimum Gasteiger partial charge on any atom is -0.474 e. The van der Waals surface area contributed by atoms with Gasteiger partial charge in [-0.3, -0.25) is 14.9 Å². The van der Waals surface area contributed by atoms with Crippen LogP contribution in [0.15, 0.2) is 48.5 Å². The lowest BCUT2D eigenvalue weighted by Gasteiger charge is -2.25. The number of carbonyl (C=O) groups excluding carboxylic acids is 1. The molecule has 0 aliphatic carbocycles. The van der Waals surface area contributed by atoms with Crippen molar-refractivity contribution in [1.82, 2.24) is 0 Å². The molecule has 0 aliphatic rings. The number of nitrogens with zero attached hydrogens (tertiary/aromatic N) is 3. The Morgan fingerprint density at radius 1 is 1.31 bits per heavy atom. The molecule has 0 bridgehead atoms. The molecule has 0 heterocycles. The van der Waals surface area contributed by atoms with E-state index in [1.165, 1.54) is 24.0 Å². The van der Waals surface area contributed by atoms with E-state index in [9.17, 15) is 14.9 Å². The second-order valence-corrected chi connectivity index (χ2v) is 5.72. The van der Waals surface area contributed by atoms with E-state index >= 15 is 0 Å². The molecule has 0 N–H and O–H groups in total. The van der Waals surface area contributed by atoms with Gasteiger partial charge in [0.15, 0.2) is 11.9 Å². The molecule has 2 rings (SSSR count). The molecule has 2 aromatic rings. The predicted molar refractivity (Wildman–Crippen MR) is 96.9 cm³/mol. The first-order chi connectivity index (χ1) is 12.4. The minimum atomic E-state index is -0.949. The highest BCUT2D eigenvalue weighted by Crippen LogP contribution is 2.29. The molecule has 26 heavy (non-hydrogen) atoms. The van der Waals surface area contributed by atoms with Crippen LogP contribution in [0.3, 0.4) is 0 Å². The molecule has 0 radical (unpaired) electrons. The smallest absolute Gasteiger partial charge is 0.311 e. The fourth-order valence-electron chi connectivity index (χ4n) is 2.47. The first kappa shape index (κ1) is 18.9. The minimum absolute atomic E-state index is 0.0368. The van der Waals surface area contributed by atoms with Gasteiger partial charge in [-0.2, -0.15) is 5.26 Å². The summed E-state index contributed by atoms with van der Waals surface area (Å²) in [6.07, 6.45) is -0.784. The van der Waals surface area contributed by atoms with Crippen molar-refractivity contribution in [3.8, 4) is 11.8 Å². The van der Waals surface area contributed by atoms with Crippen LogP contribution in [-0.2, 0) is 4.79 Å². The Kier molecular flexibility index (Phi) is 6.28. The Morgan fingerprint density at radius 3 is 2.62 bits per heavy atom. The van der Waals surface area contributed by atoms with Crippen LogP contribution in [0.4, 0.5) is 11.4 Å². The summed E-state index contributed by atoms with van der Waals surface area (Å²) in [5.41, 5.74) is 1.18. The number of hydrogen-bond acceptors (Lipinski definition) is 5. The van der Waals surface area contributed by atoms with Crippen LogP contribution in [0, 0.1) is 28.4 Å². The summed E-state index contributed by atoms with van der Waals surface area (Å²) in [4.78, 5) is 25.0. The Morgan fingerprint density at radius 2 is 2.00 bits per heavy atom. The first-order valence-corrected chi connectivity index (χ1v) is 8.09. The molecule has 0 spiro atoms. The summed E-state index contributed by atoms with van der Waals surface area (Å²) in [5.74, 6) is -0.337. The molecule has 0 saturated carbocycles. The third-order valence-electron chi connectivity index (χ3n) is 3.74. The summed E-state index contributed by atoms with van der Waals surface area (Å²) in [7, 11) is 0. The number of carbonyl (C=O) groups is 1. The fraction of sp³-hybridized carbons (Fsp3) is 0.263. The number of aryl methyl sites for hydroxylation is 1. The molecule has 0 unspecified atom stereocenters. The van der Waals surface area contributed by atoms with Crippen molar-refractivity contribution in [2.75, 3.05) is 11.4 Å². The highest BCUT2D eigenvalue weighted by molar-refractivity contribution is 5.96.